The standard InChI is InChI=1S/C22H15F4N5O7/c1-27-19(32)15-9-13(6-7-28-15)36-12-3-4-14(16(10-12)31(34)35)30-20(33)29-11-2-5-17-18(8-11)38-22(25,26)21(23,24)37-17/h2-5,8-10,15,28H,1H3,(H,27,32)(H2,29,30,33). The van der Waals surface area contributed by atoms with Crippen LogP contribution < -0.4 is 35.5 Å². The molecule has 2 aromatic carbocycles. The van der Waals surface area contributed by atoms with Crippen LogP contribution >= 0.6 is 0 Å². The Hall–Kier alpha value is -5.20. The first kappa shape index (κ1) is 25.9. The quantitative estimate of drug-likeness (QED) is 0.190. The van der Waals surface area contributed by atoms with E-state index in [9.17, 15) is 37.3 Å². The summed E-state index contributed by atoms with van der Waals surface area (Å²) in [4.78, 5) is 34.9. The van der Waals surface area contributed by atoms with Crippen LogP contribution in [0.1, 0.15) is 0 Å². The number of nitrogens with one attached hydrogen (secondary N) is 4. The largest absolute Gasteiger partial charge is 0.507 e. The van der Waals surface area contributed by atoms with Crippen molar-refractivity contribution in [3.8, 4) is 29.2 Å². The lowest BCUT2D eigenvalue weighted by Gasteiger charge is -2.31. The Kier molecular flexibility index (Phi) is 6.60. The van der Waals surface area contributed by atoms with Crippen molar-refractivity contribution in [3.05, 3.63) is 58.3 Å². The molecular formula is C22H15F4N5O7. The molecule has 0 saturated carbocycles. The van der Waals surface area contributed by atoms with Crippen LogP contribution in [0.4, 0.5) is 39.4 Å². The number of rotatable bonds is 6. The summed E-state index contributed by atoms with van der Waals surface area (Å²) in [6.07, 6.45) is -8.49. The van der Waals surface area contributed by atoms with Gasteiger partial charge in [-0.2, -0.15) is 17.6 Å². The molecule has 198 valence electrons. The summed E-state index contributed by atoms with van der Waals surface area (Å²) >= 11 is 0. The molecule has 0 spiro atoms. The molecule has 2 aliphatic rings. The van der Waals surface area contributed by atoms with Crippen LogP contribution in [0.5, 0.6) is 17.2 Å². The van der Waals surface area contributed by atoms with Gasteiger partial charge in [-0.15, -0.1) is 0 Å². The van der Waals surface area contributed by atoms with Gasteiger partial charge in [-0.1, -0.05) is 0 Å². The monoisotopic (exact) mass is 537 g/mol. The van der Waals surface area contributed by atoms with Crippen molar-refractivity contribution >= 4 is 29.0 Å². The fourth-order valence-electron chi connectivity index (χ4n) is 3.15. The van der Waals surface area contributed by atoms with Crippen molar-refractivity contribution in [2.24, 2.45) is 0 Å². The molecule has 2 aromatic rings. The van der Waals surface area contributed by atoms with Crippen molar-refractivity contribution in [3.63, 3.8) is 0 Å². The number of allylic oxidation sites excluding steroid dienone is 1. The second kappa shape index (κ2) is 9.69. The number of ether oxygens (including phenoxy) is 3. The van der Waals surface area contributed by atoms with Gasteiger partial charge in [0, 0.05) is 24.8 Å². The minimum atomic E-state index is -4.95. The lowest BCUT2D eigenvalue weighted by molar-refractivity contribution is -0.391. The molecule has 4 N–H and O–H groups in total. The molecule has 1 unspecified atom stereocenters. The zero-order valence-electron chi connectivity index (χ0n) is 18.9. The van der Waals surface area contributed by atoms with E-state index in [0.717, 1.165) is 30.3 Å². The average molecular weight is 537 g/mol. The summed E-state index contributed by atoms with van der Waals surface area (Å²) in [7, 11) is 1.43. The number of hydrogen-bond acceptors (Lipinski definition) is 8. The Balaban J connectivity index is 1.47. The molecule has 38 heavy (non-hydrogen) atoms. The normalized spacial score (nSPS) is 17.9. The number of benzene rings is 2. The first-order valence-corrected chi connectivity index (χ1v) is 10.4. The molecular weight excluding hydrogens is 522 g/mol. The number of carbonyl (C=O) groups excluding carboxylic acids is 2. The Morgan fingerprint density at radius 2 is 1.79 bits per heavy atom. The van der Waals surface area contributed by atoms with Gasteiger partial charge in [0.15, 0.2) is 17.3 Å². The Morgan fingerprint density at radius 3 is 2.47 bits per heavy atom. The molecule has 0 bridgehead atoms. The van der Waals surface area contributed by atoms with Crippen molar-refractivity contribution in [1.82, 2.24) is 10.6 Å². The molecule has 0 radical (unpaired) electrons. The lowest BCUT2D eigenvalue weighted by Crippen LogP contribution is -2.52. The first-order valence-electron chi connectivity index (χ1n) is 10.4. The summed E-state index contributed by atoms with van der Waals surface area (Å²) in [5.74, 6) is 0.758. The van der Waals surface area contributed by atoms with E-state index in [4.69, 9.17) is 4.74 Å². The predicted molar refractivity (Wildman–Crippen MR) is 121 cm³/mol. The van der Waals surface area contributed by atoms with Gasteiger partial charge in [-0.05, 0) is 36.3 Å². The molecule has 1 atom stereocenters. The van der Waals surface area contributed by atoms with Crippen molar-refractivity contribution in [1.29, 1.82) is 0 Å². The topological polar surface area (TPSA) is 153 Å². The van der Waals surface area contributed by atoms with Gasteiger partial charge >= 0.3 is 18.2 Å². The number of nitro groups is 1. The number of amides is 3. The average Bonchev–Trinajstić information content (AvgIpc) is 2.85. The molecule has 2 heterocycles. The SMILES string of the molecule is CNC(=O)C1C=C(Oc2ccc(NC(=O)Nc3ccc4c(c3)OC(F)(F)C(F)(F)O4)c([N+](=O)[O-])c2)C#CN1. The summed E-state index contributed by atoms with van der Waals surface area (Å²) in [5, 5.41) is 21.0. The Bertz CT molecular complexity index is 1420. The van der Waals surface area contributed by atoms with Crippen LogP contribution in [-0.2, 0) is 4.79 Å². The minimum absolute atomic E-state index is 0.0228. The smallest absolute Gasteiger partial charge is 0.448 e. The van der Waals surface area contributed by atoms with E-state index in [1.807, 2.05) is 0 Å². The number of nitrogens with zero attached hydrogens (tertiary/aromatic N) is 1. The van der Waals surface area contributed by atoms with Gasteiger partial charge in [-0.25, -0.2) is 4.79 Å². The zero-order chi connectivity index (χ0) is 27.7. The molecule has 2 aliphatic heterocycles. The summed E-state index contributed by atoms with van der Waals surface area (Å²) in [6.45, 7) is 0. The third-order valence-corrected chi connectivity index (χ3v) is 4.92. The van der Waals surface area contributed by atoms with Crippen LogP contribution in [0.2, 0.25) is 0 Å². The molecule has 0 fully saturated rings. The number of fused-ring (bicyclic) bond motifs is 1. The van der Waals surface area contributed by atoms with Crippen molar-refractivity contribution in [2.45, 2.75) is 18.3 Å². The third-order valence-electron chi connectivity index (χ3n) is 4.92. The van der Waals surface area contributed by atoms with Crippen LogP contribution in [0.25, 0.3) is 0 Å². The van der Waals surface area contributed by atoms with Gasteiger partial charge in [-0.3, -0.25) is 14.9 Å². The number of urea groups is 1. The van der Waals surface area contributed by atoms with Crippen molar-refractivity contribution in [2.75, 3.05) is 17.7 Å². The third kappa shape index (κ3) is 5.31. The van der Waals surface area contributed by atoms with E-state index < -0.39 is 46.4 Å². The number of carbonyl (C=O) groups is 2. The van der Waals surface area contributed by atoms with Gasteiger partial charge in [0.2, 0.25) is 5.91 Å². The van der Waals surface area contributed by atoms with Gasteiger partial charge < -0.3 is 35.5 Å². The van der Waals surface area contributed by atoms with E-state index >= 15 is 0 Å². The van der Waals surface area contributed by atoms with E-state index in [1.54, 1.807) is 0 Å². The van der Waals surface area contributed by atoms with E-state index in [-0.39, 0.29) is 28.8 Å². The molecule has 3 amide bonds. The highest BCUT2D eigenvalue weighted by molar-refractivity contribution is 6.01. The highest BCUT2D eigenvalue weighted by Crippen LogP contribution is 2.47. The van der Waals surface area contributed by atoms with Gasteiger partial charge in [0.05, 0.1) is 11.0 Å². The molecule has 16 heteroatoms. The van der Waals surface area contributed by atoms with Crippen LogP contribution in [0.15, 0.2) is 48.2 Å². The predicted octanol–water partition coefficient (Wildman–Crippen LogP) is 3.14. The molecule has 12 nitrogen and oxygen atoms in total. The van der Waals surface area contributed by atoms with E-state index in [1.165, 1.54) is 19.2 Å². The van der Waals surface area contributed by atoms with Crippen molar-refractivity contribution < 1.29 is 46.3 Å². The maximum atomic E-state index is 13.4. The first-order chi connectivity index (χ1) is 17.9. The number of halogens is 4. The van der Waals surface area contributed by atoms with Gasteiger partial charge in [0.25, 0.3) is 5.69 Å². The summed E-state index contributed by atoms with van der Waals surface area (Å²) in [6, 6.07) is 6.85. The highest BCUT2D eigenvalue weighted by atomic mass is 19.3. The fraction of sp³-hybridized carbons (Fsp3) is 0.182. The minimum Gasteiger partial charge on any atom is -0.448 e. The summed E-state index contributed by atoms with van der Waals surface area (Å²) < 4.78 is 66.8. The number of anilines is 2. The second-order valence-corrected chi connectivity index (χ2v) is 7.53. The second-order valence-electron chi connectivity index (χ2n) is 7.53. The zero-order valence-corrected chi connectivity index (χ0v) is 18.9. The Morgan fingerprint density at radius 1 is 1.08 bits per heavy atom. The number of likely N-dealkylation sites (N-methyl/N-ethyl adjacent to an activating group) is 1. The van der Waals surface area contributed by atoms with Crippen LogP contribution in [-0.4, -0.2) is 42.2 Å². The highest BCUT2D eigenvalue weighted by Gasteiger charge is 2.65. The molecule has 0 aromatic heterocycles. The van der Waals surface area contributed by atoms with Gasteiger partial charge in [0.1, 0.15) is 17.5 Å². The molecule has 0 aliphatic carbocycles. The number of nitro benzene ring substituents is 1. The Labute approximate surface area is 210 Å². The molecule has 0 saturated heterocycles. The van der Waals surface area contributed by atoms with E-state index in [0.29, 0.717) is 0 Å². The summed E-state index contributed by atoms with van der Waals surface area (Å²) in [5.41, 5.74) is -1.01. The fourth-order valence-corrected chi connectivity index (χ4v) is 3.15. The van der Waals surface area contributed by atoms with E-state index in [2.05, 4.69) is 42.7 Å². The van der Waals surface area contributed by atoms with Crippen LogP contribution in [0, 0.1) is 22.1 Å². The number of alkyl halides is 4. The maximum absolute atomic E-state index is 13.4. The number of hydrogen-bond donors (Lipinski definition) is 4. The van der Waals surface area contributed by atoms with Crippen LogP contribution in [0.3, 0.4) is 0 Å². The maximum Gasteiger partial charge on any atom is 0.507 e. The lowest BCUT2D eigenvalue weighted by atomic mass is 10.2. The molecule has 4 rings (SSSR count).